The average molecular weight is 340 g/mol. The Morgan fingerprint density at radius 3 is 1.68 bits per heavy atom. The summed E-state index contributed by atoms with van der Waals surface area (Å²) >= 11 is 4.76. The molecule has 0 spiro atoms. The monoisotopic (exact) mass is 340 g/mol. The van der Waals surface area contributed by atoms with Gasteiger partial charge in [-0.15, -0.1) is 12.6 Å². The third-order valence-electron chi connectivity index (χ3n) is 5.76. The van der Waals surface area contributed by atoms with Gasteiger partial charge in [-0.2, -0.15) is 0 Å². The Morgan fingerprint density at radius 2 is 1.08 bits per heavy atom. The van der Waals surface area contributed by atoms with Crippen LogP contribution in [0.15, 0.2) is 53.4 Å². The van der Waals surface area contributed by atoms with Gasteiger partial charge in [0.1, 0.15) is 0 Å². The lowest BCUT2D eigenvalue weighted by Gasteiger charge is -2.19. The fourth-order valence-electron chi connectivity index (χ4n) is 4.59. The Balaban J connectivity index is 2.22. The summed E-state index contributed by atoms with van der Waals surface area (Å²) in [6.07, 6.45) is 1.06. The van der Waals surface area contributed by atoms with Crippen molar-refractivity contribution in [2.45, 2.75) is 32.1 Å². The highest BCUT2D eigenvalue weighted by molar-refractivity contribution is 7.80. The van der Waals surface area contributed by atoms with Crippen LogP contribution in [0.3, 0.4) is 0 Å². The molecule has 25 heavy (non-hydrogen) atoms. The van der Waals surface area contributed by atoms with Crippen LogP contribution in [0, 0.1) is 13.8 Å². The van der Waals surface area contributed by atoms with Crippen LogP contribution in [0.25, 0.3) is 43.1 Å². The van der Waals surface area contributed by atoms with Crippen molar-refractivity contribution in [3.63, 3.8) is 0 Å². The van der Waals surface area contributed by atoms with Crippen LogP contribution in [0.2, 0.25) is 0 Å². The zero-order chi connectivity index (χ0) is 17.3. The molecular formula is C24H20S. The lowest BCUT2D eigenvalue weighted by atomic mass is 9.85. The maximum Gasteiger partial charge on any atom is 0.0122 e. The first-order valence-corrected chi connectivity index (χ1v) is 9.37. The predicted molar refractivity (Wildman–Crippen MR) is 114 cm³/mol. The molecule has 0 atom stereocenters. The molecular weight excluding hydrogens is 320 g/mol. The van der Waals surface area contributed by atoms with Crippen LogP contribution in [-0.2, 0) is 6.42 Å². The third kappa shape index (κ3) is 1.85. The summed E-state index contributed by atoms with van der Waals surface area (Å²) in [5.41, 5.74) is 4.10. The maximum atomic E-state index is 4.76. The van der Waals surface area contributed by atoms with Gasteiger partial charge in [-0.25, -0.2) is 0 Å². The van der Waals surface area contributed by atoms with Crippen LogP contribution in [0.1, 0.15) is 23.6 Å². The SMILES string of the molecule is CCc1ccc2c3ccc(C)c4c(S)ccc(c5ccc(C)c1c52)c43. The van der Waals surface area contributed by atoms with Crippen LogP contribution < -0.4 is 0 Å². The number of thiol groups is 1. The van der Waals surface area contributed by atoms with Gasteiger partial charge >= 0.3 is 0 Å². The van der Waals surface area contributed by atoms with Crippen molar-refractivity contribution in [3.05, 3.63) is 65.2 Å². The lowest BCUT2D eigenvalue weighted by Crippen LogP contribution is -1.93. The second-order valence-electron chi connectivity index (χ2n) is 7.12. The van der Waals surface area contributed by atoms with E-state index in [2.05, 4.69) is 69.3 Å². The molecule has 0 bridgehead atoms. The van der Waals surface area contributed by atoms with E-state index >= 15 is 0 Å². The first-order valence-electron chi connectivity index (χ1n) is 8.93. The van der Waals surface area contributed by atoms with E-state index in [0.29, 0.717) is 0 Å². The molecule has 5 aromatic rings. The summed E-state index contributed by atoms with van der Waals surface area (Å²) in [6.45, 7) is 6.67. The first-order chi connectivity index (χ1) is 12.1. The largest absolute Gasteiger partial charge is 0.143 e. The molecule has 0 aliphatic heterocycles. The van der Waals surface area contributed by atoms with E-state index < -0.39 is 0 Å². The summed E-state index contributed by atoms with van der Waals surface area (Å²) in [5, 5.41) is 10.9. The standard InChI is InChI=1S/C24H20S/c1-4-15-7-10-18-17-9-6-14(3)22-20(25)12-11-19(24(17)22)16-8-5-13(2)21(15)23(16)18/h5-12,25H,4H2,1-3H3. The van der Waals surface area contributed by atoms with Crippen molar-refractivity contribution < 1.29 is 0 Å². The molecule has 0 aliphatic rings. The van der Waals surface area contributed by atoms with Crippen LogP contribution in [0.4, 0.5) is 0 Å². The summed E-state index contributed by atoms with van der Waals surface area (Å²) in [6, 6.07) is 18.2. The minimum Gasteiger partial charge on any atom is -0.143 e. The second-order valence-corrected chi connectivity index (χ2v) is 7.60. The molecule has 122 valence electrons. The molecule has 0 N–H and O–H groups in total. The minimum absolute atomic E-state index is 1.06. The van der Waals surface area contributed by atoms with Gasteiger partial charge in [-0.05, 0) is 86.1 Å². The molecule has 5 rings (SSSR count). The Hall–Kier alpha value is -2.25. The Kier molecular flexibility index (Phi) is 3.08. The van der Waals surface area contributed by atoms with Crippen molar-refractivity contribution in [1.82, 2.24) is 0 Å². The van der Waals surface area contributed by atoms with E-state index in [4.69, 9.17) is 12.6 Å². The Labute approximate surface area is 153 Å². The van der Waals surface area contributed by atoms with E-state index in [-0.39, 0.29) is 0 Å². The number of rotatable bonds is 1. The molecule has 0 saturated carbocycles. The van der Waals surface area contributed by atoms with Gasteiger partial charge in [0, 0.05) is 4.90 Å². The first kappa shape index (κ1) is 15.0. The van der Waals surface area contributed by atoms with Gasteiger partial charge in [0.05, 0.1) is 0 Å². The molecule has 0 radical (unpaired) electrons. The highest BCUT2D eigenvalue weighted by Gasteiger charge is 2.17. The average Bonchev–Trinajstić information content (AvgIpc) is 2.62. The molecule has 0 saturated heterocycles. The minimum atomic E-state index is 1.06. The highest BCUT2D eigenvalue weighted by Crippen LogP contribution is 2.44. The molecule has 1 heteroatoms. The van der Waals surface area contributed by atoms with E-state index in [1.54, 1.807) is 0 Å². The molecule has 0 heterocycles. The lowest BCUT2D eigenvalue weighted by molar-refractivity contribution is 1.16. The van der Waals surface area contributed by atoms with E-state index in [1.165, 1.54) is 59.8 Å². The van der Waals surface area contributed by atoms with Gasteiger partial charge in [-0.3, -0.25) is 0 Å². The summed E-state index contributed by atoms with van der Waals surface area (Å²) < 4.78 is 0. The van der Waals surface area contributed by atoms with Gasteiger partial charge < -0.3 is 0 Å². The topological polar surface area (TPSA) is 0 Å². The zero-order valence-electron chi connectivity index (χ0n) is 14.8. The van der Waals surface area contributed by atoms with Gasteiger partial charge in [0.25, 0.3) is 0 Å². The van der Waals surface area contributed by atoms with E-state index in [9.17, 15) is 0 Å². The smallest absolute Gasteiger partial charge is 0.0122 e. The number of benzene rings is 5. The van der Waals surface area contributed by atoms with E-state index in [1.807, 2.05) is 0 Å². The van der Waals surface area contributed by atoms with Crippen LogP contribution in [0.5, 0.6) is 0 Å². The molecule has 0 unspecified atom stereocenters. The van der Waals surface area contributed by atoms with E-state index in [0.717, 1.165) is 11.3 Å². The van der Waals surface area contributed by atoms with Gasteiger partial charge in [0.15, 0.2) is 0 Å². The van der Waals surface area contributed by atoms with Crippen molar-refractivity contribution in [3.8, 4) is 0 Å². The van der Waals surface area contributed by atoms with Crippen molar-refractivity contribution in [2.75, 3.05) is 0 Å². The highest BCUT2D eigenvalue weighted by atomic mass is 32.1. The molecule has 0 amide bonds. The van der Waals surface area contributed by atoms with Crippen LogP contribution >= 0.6 is 12.6 Å². The third-order valence-corrected chi connectivity index (χ3v) is 6.14. The fourth-order valence-corrected chi connectivity index (χ4v) is 4.95. The second kappa shape index (κ2) is 5.12. The zero-order valence-corrected chi connectivity index (χ0v) is 15.7. The fraction of sp³-hybridized carbons (Fsp3) is 0.167. The molecule has 5 aromatic carbocycles. The van der Waals surface area contributed by atoms with Gasteiger partial charge in [-0.1, -0.05) is 49.4 Å². The number of hydrogen-bond donors (Lipinski definition) is 1. The predicted octanol–water partition coefficient (Wildman–Crippen LogP) is 7.21. The Bertz CT molecular complexity index is 1240. The molecule has 0 aromatic heterocycles. The van der Waals surface area contributed by atoms with Crippen molar-refractivity contribution >= 4 is 55.7 Å². The summed E-state index contributed by atoms with van der Waals surface area (Å²) in [5.74, 6) is 0. The van der Waals surface area contributed by atoms with Crippen molar-refractivity contribution in [1.29, 1.82) is 0 Å². The molecule has 0 nitrogen and oxygen atoms in total. The number of fused-ring (bicyclic) bond motifs is 2. The number of hydrogen-bond acceptors (Lipinski definition) is 1. The molecule has 0 aliphatic carbocycles. The number of aryl methyl sites for hydroxylation is 3. The van der Waals surface area contributed by atoms with Crippen molar-refractivity contribution in [2.24, 2.45) is 0 Å². The molecule has 0 fully saturated rings. The Morgan fingerprint density at radius 1 is 0.600 bits per heavy atom. The van der Waals surface area contributed by atoms with Gasteiger partial charge in [0.2, 0.25) is 0 Å². The maximum absolute atomic E-state index is 4.76. The normalized spacial score (nSPS) is 12.2. The summed E-state index contributed by atoms with van der Waals surface area (Å²) in [4.78, 5) is 1.06. The quantitative estimate of drug-likeness (QED) is 0.186. The summed E-state index contributed by atoms with van der Waals surface area (Å²) in [7, 11) is 0. The van der Waals surface area contributed by atoms with Crippen LogP contribution in [-0.4, -0.2) is 0 Å².